The Kier molecular flexibility index (Phi) is 4.51. The predicted molar refractivity (Wildman–Crippen MR) is 58.6 cm³/mol. The zero-order chi connectivity index (χ0) is 9.68. The molecule has 1 unspecified atom stereocenters. The maximum Gasteiger partial charge on any atom is 0.00702 e. The number of rotatable bonds is 4. The number of nitrogens with two attached hydrogens (primary N) is 1. The van der Waals surface area contributed by atoms with Crippen LogP contribution in [0, 0.1) is 5.92 Å². The fourth-order valence-corrected chi connectivity index (χ4v) is 2.21. The first kappa shape index (κ1) is 10.8. The van der Waals surface area contributed by atoms with Crippen LogP contribution < -0.4 is 5.73 Å². The minimum Gasteiger partial charge on any atom is -0.327 e. The molecule has 0 aromatic rings. The minimum atomic E-state index is 0.428. The van der Waals surface area contributed by atoms with Crippen LogP contribution in [0.3, 0.4) is 0 Å². The van der Waals surface area contributed by atoms with Gasteiger partial charge in [0.2, 0.25) is 0 Å². The molecule has 1 saturated carbocycles. The van der Waals surface area contributed by atoms with Crippen molar-refractivity contribution in [1.29, 1.82) is 0 Å². The minimum absolute atomic E-state index is 0.428. The van der Waals surface area contributed by atoms with E-state index in [9.17, 15) is 0 Å². The summed E-state index contributed by atoms with van der Waals surface area (Å²) in [5.74, 6) is 0.799. The zero-order valence-corrected chi connectivity index (χ0v) is 8.89. The highest BCUT2D eigenvalue weighted by Crippen LogP contribution is 2.27. The summed E-state index contributed by atoms with van der Waals surface area (Å²) in [5.41, 5.74) is 7.43. The summed E-state index contributed by atoms with van der Waals surface area (Å²) in [4.78, 5) is 0. The van der Waals surface area contributed by atoms with Gasteiger partial charge in [-0.05, 0) is 38.5 Å². The highest BCUT2D eigenvalue weighted by molar-refractivity contribution is 4.90. The van der Waals surface area contributed by atoms with Gasteiger partial charge >= 0.3 is 0 Å². The molecular formula is C12H23N. The predicted octanol–water partition coefficient (Wildman–Crippen LogP) is 3.25. The maximum absolute atomic E-state index is 6.16. The van der Waals surface area contributed by atoms with Gasteiger partial charge in [0.15, 0.2) is 0 Å². The fourth-order valence-electron chi connectivity index (χ4n) is 2.21. The van der Waals surface area contributed by atoms with E-state index in [2.05, 4.69) is 13.5 Å². The molecule has 0 aromatic heterocycles. The van der Waals surface area contributed by atoms with Crippen molar-refractivity contribution >= 4 is 0 Å². The van der Waals surface area contributed by atoms with E-state index in [1.54, 1.807) is 0 Å². The van der Waals surface area contributed by atoms with Gasteiger partial charge in [-0.2, -0.15) is 0 Å². The Morgan fingerprint density at radius 2 is 2.00 bits per heavy atom. The molecule has 0 radical (unpaired) electrons. The van der Waals surface area contributed by atoms with Gasteiger partial charge in [-0.25, -0.2) is 0 Å². The quantitative estimate of drug-likeness (QED) is 0.662. The molecule has 0 aromatic carbocycles. The molecule has 0 saturated heterocycles. The van der Waals surface area contributed by atoms with Crippen molar-refractivity contribution in [3.8, 4) is 0 Å². The summed E-state index contributed by atoms with van der Waals surface area (Å²) < 4.78 is 0. The van der Waals surface area contributed by atoms with E-state index in [0.29, 0.717) is 6.04 Å². The van der Waals surface area contributed by atoms with E-state index in [0.717, 1.165) is 18.8 Å². The molecular weight excluding hydrogens is 158 g/mol. The molecule has 1 aliphatic rings. The van der Waals surface area contributed by atoms with Crippen LogP contribution in [0.1, 0.15) is 51.9 Å². The normalized spacial score (nSPS) is 21.4. The molecule has 0 amide bonds. The maximum atomic E-state index is 6.16. The Bertz CT molecular complexity index is 157. The van der Waals surface area contributed by atoms with Crippen molar-refractivity contribution < 1.29 is 0 Å². The van der Waals surface area contributed by atoms with E-state index in [4.69, 9.17) is 5.73 Å². The number of hydrogen-bond acceptors (Lipinski definition) is 1. The van der Waals surface area contributed by atoms with Crippen LogP contribution in [-0.4, -0.2) is 6.04 Å². The number of allylic oxidation sites excluding steroid dienone is 1. The van der Waals surface area contributed by atoms with Crippen LogP contribution >= 0.6 is 0 Å². The Labute approximate surface area is 82.4 Å². The molecule has 1 atom stereocenters. The molecule has 13 heavy (non-hydrogen) atoms. The Morgan fingerprint density at radius 3 is 2.54 bits per heavy atom. The van der Waals surface area contributed by atoms with Crippen LogP contribution in [-0.2, 0) is 0 Å². The third-order valence-corrected chi connectivity index (χ3v) is 3.16. The number of hydrogen-bond donors (Lipinski definition) is 1. The SMILES string of the molecule is C=C(C)CCC(N)C1CCCCC1. The highest BCUT2D eigenvalue weighted by Gasteiger charge is 2.19. The van der Waals surface area contributed by atoms with Crippen molar-refractivity contribution in [2.24, 2.45) is 11.7 Å². The Hall–Kier alpha value is -0.300. The van der Waals surface area contributed by atoms with Gasteiger partial charge in [-0.3, -0.25) is 0 Å². The molecule has 1 heteroatoms. The lowest BCUT2D eigenvalue weighted by atomic mass is 9.82. The van der Waals surface area contributed by atoms with Crippen LogP contribution in [0.5, 0.6) is 0 Å². The zero-order valence-electron chi connectivity index (χ0n) is 8.89. The first-order chi connectivity index (χ1) is 6.20. The Morgan fingerprint density at radius 1 is 1.38 bits per heavy atom. The molecule has 0 heterocycles. The molecule has 1 rings (SSSR count). The smallest absolute Gasteiger partial charge is 0.00702 e. The van der Waals surface area contributed by atoms with Gasteiger partial charge in [0.25, 0.3) is 0 Å². The fraction of sp³-hybridized carbons (Fsp3) is 0.833. The van der Waals surface area contributed by atoms with Gasteiger partial charge in [-0.1, -0.05) is 24.8 Å². The average Bonchev–Trinajstić information content (AvgIpc) is 2.15. The lowest BCUT2D eigenvalue weighted by Crippen LogP contribution is -2.31. The van der Waals surface area contributed by atoms with Gasteiger partial charge in [0.1, 0.15) is 0 Å². The van der Waals surface area contributed by atoms with Crippen LogP contribution in [0.25, 0.3) is 0 Å². The lowest BCUT2D eigenvalue weighted by Gasteiger charge is -2.27. The third-order valence-electron chi connectivity index (χ3n) is 3.16. The molecule has 1 aliphatic carbocycles. The summed E-state index contributed by atoms with van der Waals surface area (Å²) in [6, 6.07) is 0.428. The third kappa shape index (κ3) is 3.95. The van der Waals surface area contributed by atoms with Gasteiger partial charge < -0.3 is 5.73 Å². The van der Waals surface area contributed by atoms with Crippen molar-refractivity contribution in [2.75, 3.05) is 0 Å². The van der Waals surface area contributed by atoms with E-state index in [1.165, 1.54) is 37.7 Å². The summed E-state index contributed by atoms with van der Waals surface area (Å²) in [7, 11) is 0. The van der Waals surface area contributed by atoms with E-state index < -0.39 is 0 Å². The van der Waals surface area contributed by atoms with Crippen LogP contribution in [0.4, 0.5) is 0 Å². The largest absolute Gasteiger partial charge is 0.327 e. The lowest BCUT2D eigenvalue weighted by molar-refractivity contribution is 0.295. The molecule has 1 fully saturated rings. The first-order valence-electron chi connectivity index (χ1n) is 5.60. The van der Waals surface area contributed by atoms with Gasteiger partial charge in [0, 0.05) is 6.04 Å². The van der Waals surface area contributed by atoms with Gasteiger partial charge in [0.05, 0.1) is 0 Å². The molecule has 2 N–H and O–H groups in total. The van der Waals surface area contributed by atoms with Crippen LogP contribution in [0.15, 0.2) is 12.2 Å². The topological polar surface area (TPSA) is 26.0 Å². The molecule has 0 bridgehead atoms. The second-order valence-electron chi connectivity index (χ2n) is 4.56. The van der Waals surface area contributed by atoms with Gasteiger partial charge in [-0.15, -0.1) is 6.58 Å². The van der Waals surface area contributed by atoms with E-state index in [-0.39, 0.29) is 0 Å². The van der Waals surface area contributed by atoms with Crippen molar-refractivity contribution in [3.63, 3.8) is 0 Å². The first-order valence-corrected chi connectivity index (χ1v) is 5.60. The van der Waals surface area contributed by atoms with Crippen molar-refractivity contribution in [2.45, 2.75) is 57.9 Å². The van der Waals surface area contributed by atoms with Crippen LogP contribution in [0.2, 0.25) is 0 Å². The van der Waals surface area contributed by atoms with E-state index in [1.807, 2.05) is 0 Å². The average molecular weight is 181 g/mol. The second-order valence-corrected chi connectivity index (χ2v) is 4.56. The summed E-state index contributed by atoms with van der Waals surface area (Å²) >= 11 is 0. The standard InChI is InChI=1S/C12H23N/c1-10(2)8-9-12(13)11-6-4-3-5-7-11/h11-12H,1,3-9,13H2,2H3. The summed E-state index contributed by atoms with van der Waals surface area (Å²) in [6.07, 6.45) is 9.17. The molecule has 0 aliphatic heterocycles. The molecule has 76 valence electrons. The monoisotopic (exact) mass is 181 g/mol. The molecule has 1 nitrogen and oxygen atoms in total. The van der Waals surface area contributed by atoms with Crippen molar-refractivity contribution in [1.82, 2.24) is 0 Å². The second kappa shape index (κ2) is 5.43. The van der Waals surface area contributed by atoms with E-state index >= 15 is 0 Å². The summed E-state index contributed by atoms with van der Waals surface area (Å²) in [6.45, 7) is 6.01. The Balaban J connectivity index is 2.20. The molecule has 0 spiro atoms. The van der Waals surface area contributed by atoms with Crippen molar-refractivity contribution in [3.05, 3.63) is 12.2 Å². The summed E-state index contributed by atoms with van der Waals surface area (Å²) in [5, 5.41) is 0. The highest BCUT2D eigenvalue weighted by atomic mass is 14.6.